The molecule has 3 heterocycles. The number of fused-ring (bicyclic) bond motifs is 1. The third kappa shape index (κ3) is 2.82. The molecule has 0 bridgehead atoms. The van der Waals surface area contributed by atoms with Gasteiger partial charge in [-0.3, -0.25) is 9.78 Å². The Balaban J connectivity index is 1.52. The summed E-state index contributed by atoms with van der Waals surface area (Å²) < 4.78 is 31.9. The van der Waals surface area contributed by atoms with Gasteiger partial charge >= 0.3 is 0 Å². The lowest BCUT2D eigenvalue weighted by molar-refractivity contribution is 0.0692. The molecule has 0 spiro atoms. The summed E-state index contributed by atoms with van der Waals surface area (Å²) in [6.07, 6.45) is 1.56. The van der Waals surface area contributed by atoms with Crippen LogP contribution in [0.25, 0.3) is 11.0 Å². The molecule has 4 rings (SSSR count). The largest absolute Gasteiger partial charge is 0.335 e. The maximum absolute atomic E-state index is 12.9. The Morgan fingerprint density at radius 3 is 2.54 bits per heavy atom. The summed E-state index contributed by atoms with van der Waals surface area (Å²) in [5.74, 6) is -0.203. The van der Waals surface area contributed by atoms with Crippen molar-refractivity contribution in [3.63, 3.8) is 0 Å². The molecule has 10 heteroatoms. The fourth-order valence-electron chi connectivity index (χ4n) is 2.91. The first-order valence-corrected chi connectivity index (χ1v) is 9.43. The number of benzene rings is 1. The fourth-order valence-corrected chi connectivity index (χ4v) is 4.47. The van der Waals surface area contributed by atoms with E-state index in [4.69, 9.17) is 0 Å². The van der Waals surface area contributed by atoms with Crippen molar-refractivity contribution in [2.24, 2.45) is 0 Å². The van der Waals surface area contributed by atoms with E-state index in [2.05, 4.69) is 19.9 Å². The Morgan fingerprint density at radius 1 is 1.00 bits per heavy atom. The zero-order valence-corrected chi connectivity index (χ0v) is 14.5. The van der Waals surface area contributed by atoms with Crippen molar-refractivity contribution >= 4 is 27.0 Å². The number of piperazine rings is 1. The van der Waals surface area contributed by atoms with Gasteiger partial charge < -0.3 is 4.90 Å². The van der Waals surface area contributed by atoms with Crippen molar-refractivity contribution < 1.29 is 17.8 Å². The van der Waals surface area contributed by atoms with Gasteiger partial charge in [0.15, 0.2) is 5.52 Å². The predicted molar refractivity (Wildman–Crippen MR) is 90.7 cm³/mol. The van der Waals surface area contributed by atoms with Crippen molar-refractivity contribution in [2.45, 2.75) is 4.90 Å². The lowest BCUT2D eigenvalue weighted by Crippen LogP contribution is -2.50. The fraction of sp³-hybridized carbons (Fsp3) is 0.250. The van der Waals surface area contributed by atoms with Gasteiger partial charge in [-0.15, -0.1) is 0 Å². The van der Waals surface area contributed by atoms with Crippen LogP contribution in [0.5, 0.6) is 0 Å². The van der Waals surface area contributed by atoms with E-state index >= 15 is 0 Å². The van der Waals surface area contributed by atoms with E-state index < -0.39 is 10.0 Å². The van der Waals surface area contributed by atoms with Gasteiger partial charge in [-0.1, -0.05) is 12.1 Å². The Bertz CT molecular complexity index is 1040. The summed E-state index contributed by atoms with van der Waals surface area (Å²) in [6.45, 7) is 0.981. The molecule has 1 aliphatic heterocycles. The first kappa shape index (κ1) is 16.6. The average molecular weight is 373 g/mol. The van der Waals surface area contributed by atoms with E-state index in [-0.39, 0.29) is 29.4 Å². The molecule has 134 valence electrons. The van der Waals surface area contributed by atoms with E-state index in [0.717, 1.165) is 0 Å². The van der Waals surface area contributed by atoms with E-state index in [9.17, 15) is 13.2 Å². The number of amides is 1. The second-order valence-electron chi connectivity index (χ2n) is 5.80. The van der Waals surface area contributed by atoms with Gasteiger partial charge in [0.25, 0.3) is 5.91 Å². The number of hydrogen-bond donors (Lipinski definition) is 0. The number of rotatable bonds is 3. The van der Waals surface area contributed by atoms with Gasteiger partial charge in [0.2, 0.25) is 10.0 Å². The zero-order valence-electron chi connectivity index (χ0n) is 13.6. The van der Waals surface area contributed by atoms with Crippen LogP contribution in [0.3, 0.4) is 0 Å². The summed E-state index contributed by atoms with van der Waals surface area (Å²) in [4.78, 5) is 18.1. The molecule has 1 aromatic carbocycles. The predicted octanol–water partition coefficient (Wildman–Crippen LogP) is 0.765. The second-order valence-corrected chi connectivity index (χ2v) is 7.71. The molecule has 1 amide bonds. The van der Waals surface area contributed by atoms with Crippen molar-refractivity contribution in [1.29, 1.82) is 0 Å². The minimum absolute atomic E-state index is 0.0563. The molecule has 0 aliphatic carbocycles. The van der Waals surface area contributed by atoms with Crippen LogP contribution in [-0.4, -0.2) is 65.0 Å². The zero-order chi connectivity index (χ0) is 18.1. The lowest BCUT2D eigenvalue weighted by atomic mass is 10.3. The van der Waals surface area contributed by atoms with E-state index in [1.807, 2.05) is 0 Å². The molecule has 0 radical (unpaired) electrons. The minimum Gasteiger partial charge on any atom is -0.335 e. The molecule has 0 N–H and O–H groups in total. The minimum atomic E-state index is -3.76. The van der Waals surface area contributed by atoms with Crippen LogP contribution >= 0.6 is 0 Å². The Morgan fingerprint density at radius 2 is 1.81 bits per heavy atom. The molecule has 3 aromatic rings. The number of nitrogens with zero attached hydrogens (tertiary/aromatic N) is 5. The van der Waals surface area contributed by atoms with Gasteiger partial charge in [0, 0.05) is 32.4 Å². The molecule has 9 nitrogen and oxygen atoms in total. The van der Waals surface area contributed by atoms with Crippen molar-refractivity contribution in [3.05, 3.63) is 48.3 Å². The summed E-state index contributed by atoms with van der Waals surface area (Å²) in [7, 11) is -3.76. The number of carbonyl (C=O) groups is 1. The summed E-state index contributed by atoms with van der Waals surface area (Å²) >= 11 is 0. The maximum atomic E-state index is 12.9. The van der Waals surface area contributed by atoms with E-state index in [1.165, 1.54) is 10.4 Å². The molecule has 1 fully saturated rings. The monoisotopic (exact) mass is 373 g/mol. The van der Waals surface area contributed by atoms with Gasteiger partial charge in [-0.05, 0) is 34.6 Å². The summed E-state index contributed by atoms with van der Waals surface area (Å²) in [5, 5.41) is 7.38. The van der Waals surface area contributed by atoms with Crippen LogP contribution in [0.15, 0.2) is 52.1 Å². The highest BCUT2D eigenvalue weighted by Gasteiger charge is 2.32. The van der Waals surface area contributed by atoms with Gasteiger partial charge in [0.05, 0.1) is 0 Å². The standard InChI is InChI=1S/C16H15N5O4S/c22-16(13-4-1-2-7-17-13)20-8-10-21(11-9-20)26(23,24)14-6-3-5-12-15(14)19-25-18-12/h1-7H,8-11H2. The Labute approximate surface area is 149 Å². The molecule has 1 saturated heterocycles. The van der Waals surface area contributed by atoms with Gasteiger partial charge in [-0.25, -0.2) is 13.0 Å². The van der Waals surface area contributed by atoms with E-state index in [1.54, 1.807) is 41.4 Å². The summed E-state index contributed by atoms with van der Waals surface area (Å²) in [5.41, 5.74) is 0.941. The molecule has 26 heavy (non-hydrogen) atoms. The number of sulfonamides is 1. The van der Waals surface area contributed by atoms with Crippen LogP contribution in [0.4, 0.5) is 0 Å². The number of hydrogen-bond acceptors (Lipinski definition) is 7. The van der Waals surface area contributed by atoms with Crippen LogP contribution in [0.2, 0.25) is 0 Å². The third-order valence-corrected chi connectivity index (χ3v) is 6.21. The average Bonchev–Trinajstić information content (AvgIpc) is 3.17. The summed E-state index contributed by atoms with van der Waals surface area (Å²) in [6, 6.07) is 9.83. The first-order valence-electron chi connectivity index (χ1n) is 7.99. The molecule has 0 saturated carbocycles. The van der Waals surface area contributed by atoms with E-state index in [0.29, 0.717) is 24.3 Å². The molecule has 0 unspecified atom stereocenters. The van der Waals surface area contributed by atoms with Crippen molar-refractivity contribution in [1.82, 2.24) is 24.5 Å². The van der Waals surface area contributed by atoms with Crippen LogP contribution in [0.1, 0.15) is 10.5 Å². The quantitative estimate of drug-likeness (QED) is 0.667. The molecule has 0 atom stereocenters. The highest BCUT2D eigenvalue weighted by atomic mass is 32.2. The van der Waals surface area contributed by atoms with Gasteiger partial charge in [0.1, 0.15) is 16.1 Å². The number of aromatic nitrogens is 3. The van der Waals surface area contributed by atoms with Crippen LogP contribution in [-0.2, 0) is 10.0 Å². The lowest BCUT2D eigenvalue weighted by Gasteiger charge is -2.33. The van der Waals surface area contributed by atoms with Gasteiger partial charge in [-0.2, -0.15) is 4.31 Å². The molecule has 2 aromatic heterocycles. The van der Waals surface area contributed by atoms with Crippen molar-refractivity contribution in [2.75, 3.05) is 26.2 Å². The molecule has 1 aliphatic rings. The highest BCUT2D eigenvalue weighted by Crippen LogP contribution is 2.24. The van der Waals surface area contributed by atoms with Crippen LogP contribution in [0, 0.1) is 0 Å². The molecular formula is C16H15N5O4S. The van der Waals surface area contributed by atoms with Crippen LogP contribution < -0.4 is 0 Å². The third-order valence-electron chi connectivity index (χ3n) is 4.28. The first-order chi connectivity index (χ1) is 12.6. The highest BCUT2D eigenvalue weighted by molar-refractivity contribution is 7.89. The number of carbonyl (C=O) groups excluding carboxylic acids is 1. The topological polar surface area (TPSA) is 110 Å². The smallest absolute Gasteiger partial charge is 0.272 e. The Kier molecular flexibility index (Phi) is 4.13. The van der Waals surface area contributed by atoms with Crippen molar-refractivity contribution in [3.8, 4) is 0 Å². The Hall–Kier alpha value is -2.85. The normalized spacial score (nSPS) is 16.1. The second kappa shape index (κ2) is 6.46. The maximum Gasteiger partial charge on any atom is 0.272 e. The number of pyridine rings is 1. The SMILES string of the molecule is O=C(c1ccccn1)N1CCN(S(=O)(=O)c2cccc3nonc23)CC1. The molecular weight excluding hydrogens is 358 g/mol.